The van der Waals surface area contributed by atoms with Crippen LogP contribution in [0.4, 0.5) is 0 Å². The molecule has 1 N–H and O–H groups in total. The number of hydrogen-bond acceptors (Lipinski definition) is 2. The second-order valence-electron chi connectivity index (χ2n) is 5.02. The molecule has 92 valence electrons. The van der Waals surface area contributed by atoms with E-state index < -0.39 is 0 Å². The molecule has 0 saturated heterocycles. The van der Waals surface area contributed by atoms with E-state index in [0.29, 0.717) is 0 Å². The van der Waals surface area contributed by atoms with E-state index in [1.54, 1.807) is 0 Å². The van der Waals surface area contributed by atoms with E-state index in [0.717, 1.165) is 19.1 Å². The van der Waals surface area contributed by atoms with Gasteiger partial charge >= 0.3 is 0 Å². The molecule has 2 nitrogen and oxygen atoms in total. The second-order valence-corrected chi connectivity index (χ2v) is 5.02. The summed E-state index contributed by atoms with van der Waals surface area (Å²) in [6.07, 6.45) is 5.16. The SMILES string of the molecule is CCCCC(CC)COC(C)(C)CNC. The van der Waals surface area contributed by atoms with Crippen molar-refractivity contribution in [3.05, 3.63) is 0 Å². The molecule has 0 radical (unpaired) electrons. The zero-order valence-corrected chi connectivity index (χ0v) is 11.2. The topological polar surface area (TPSA) is 21.3 Å². The van der Waals surface area contributed by atoms with E-state index in [4.69, 9.17) is 4.74 Å². The van der Waals surface area contributed by atoms with E-state index in [1.807, 2.05) is 7.05 Å². The Hall–Kier alpha value is -0.0800. The molecule has 15 heavy (non-hydrogen) atoms. The van der Waals surface area contributed by atoms with E-state index in [2.05, 4.69) is 33.0 Å². The molecule has 0 aliphatic rings. The first-order valence-electron chi connectivity index (χ1n) is 6.34. The number of likely N-dealkylation sites (N-methyl/N-ethyl adjacent to an activating group) is 1. The number of rotatable bonds is 9. The van der Waals surface area contributed by atoms with Crippen LogP contribution in [0.1, 0.15) is 53.4 Å². The molecular weight excluding hydrogens is 186 g/mol. The lowest BCUT2D eigenvalue weighted by molar-refractivity contribution is -0.0349. The minimum atomic E-state index is -0.0333. The van der Waals surface area contributed by atoms with Gasteiger partial charge < -0.3 is 10.1 Å². The average Bonchev–Trinajstić information content (AvgIpc) is 2.18. The van der Waals surface area contributed by atoms with Crippen molar-refractivity contribution in [2.45, 2.75) is 59.0 Å². The molecule has 0 bridgehead atoms. The van der Waals surface area contributed by atoms with E-state index >= 15 is 0 Å². The van der Waals surface area contributed by atoms with Gasteiger partial charge in [0.1, 0.15) is 0 Å². The Morgan fingerprint density at radius 2 is 1.93 bits per heavy atom. The fraction of sp³-hybridized carbons (Fsp3) is 1.00. The predicted octanol–water partition coefficient (Wildman–Crippen LogP) is 3.22. The zero-order valence-electron chi connectivity index (χ0n) is 11.2. The summed E-state index contributed by atoms with van der Waals surface area (Å²) in [5.74, 6) is 0.737. The molecule has 0 fully saturated rings. The Kier molecular flexibility index (Phi) is 8.07. The first-order chi connectivity index (χ1) is 7.05. The van der Waals surface area contributed by atoms with Crippen molar-refractivity contribution in [3.63, 3.8) is 0 Å². The first kappa shape index (κ1) is 14.9. The summed E-state index contributed by atoms with van der Waals surface area (Å²) in [6.45, 7) is 10.6. The molecular formula is C13H29NO. The number of unbranched alkanes of at least 4 members (excludes halogenated alkanes) is 1. The summed E-state index contributed by atoms with van der Waals surface area (Å²) >= 11 is 0. The molecule has 0 spiro atoms. The Bertz CT molecular complexity index is 145. The van der Waals surface area contributed by atoms with Crippen molar-refractivity contribution in [1.29, 1.82) is 0 Å². The van der Waals surface area contributed by atoms with Gasteiger partial charge in [0.05, 0.1) is 12.2 Å². The van der Waals surface area contributed by atoms with Crippen LogP contribution in [-0.4, -0.2) is 25.8 Å². The fourth-order valence-electron chi connectivity index (χ4n) is 1.72. The maximum Gasteiger partial charge on any atom is 0.0750 e. The Balaban J connectivity index is 3.77. The van der Waals surface area contributed by atoms with Crippen molar-refractivity contribution in [3.8, 4) is 0 Å². The van der Waals surface area contributed by atoms with Crippen molar-refractivity contribution < 1.29 is 4.74 Å². The van der Waals surface area contributed by atoms with Crippen LogP contribution in [0.2, 0.25) is 0 Å². The van der Waals surface area contributed by atoms with Gasteiger partial charge in [-0.05, 0) is 33.2 Å². The van der Waals surface area contributed by atoms with Gasteiger partial charge in [-0.2, -0.15) is 0 Å². The quantitative estimate of drug-likeness (QED) is 0.637. The van der Waals surface area contributed by atoms with Crippen LogP contribution >= 0.6 is 0 Å². The van der Waals surface area contributed by atoms with E-state index in [-0.39, 0.29) is 5.60 Å². The van der Waals surface area contributed by atoms with Crippen molar-refractivity contribution in [2.24, 2.45) is 5.92 Å². The van der Waals surface area contributed by atoms with Gasteiger partial charge in [-0.15, -0.1) is 0 Å². The zero-order chi connectivity index (χ0) is 11.7. The molecule has 0 aromatic carbocycles. The van der Waals surface area contributed by atoms with Crippen LogP contribution in [0, 0.1) is 5.92 Å². The van der Waals surface area contributed by atoms with Gasteiger partial charge in [0.25, 0.3) is 0 Å². The maximum atomic E-state index is 5.96. The minimum absolute atomic E-state index is 0.0333. The van der Waals surface area contributed by atoms with Crippen LogP contribution in [0.15, 0.2) is 0 Å². The van der Waals surface area contributed by atoms with Gasteiger partial charge in [-0.1, -0.05) is 33.1 Å². The second kappa shape index (κ2) is 8.12. The summed E-state index contributed by atoms with van der Waals surface area (Å²) in [6, 6.07) is 0. The molecule has 0 aromatic rings. The number of hydrogen-bond donors (Lipinski definition) is 1. The van der Waals surface area contributed by atoms with Crippen molar-refractivity contribution >= 4 is 0 Å². The summed E-state index contributed by atoms with van der Waals surface area (Å²) < 4.78 is 5.96. The lowest BCUT2D eigenvalue weighted by atomic mass is 10.00. The summed E-state index contributed by atoms with van der Waals surface area (Å²) in [4.78, 5) is 0. The Morgan fingerprint density at radius 1 is 1.27 bits per heavy atom. The third-order valence-corrected chi connectivity index (χ3v) is 2.86. The van der Waals surface area contributed by atoms with Crippen LogP contribution in [0.25, 0.3) is 0 Å². The largest absolute Gasteiger partial charge is 0.374 e. The van der Waals surface area contributed by atoms with Crippen molar-refractivity contribution in [1.82, 2.24) is 5.32 Å². The van der Waals surface area contributed by atoms with Crippen LogP contribution < -0.4 is 5.32 Å². The van der Waals surface area contributed by atoms with Crippen LogP contribution in [0.5, 0.6) is 0 Å². The average molecular weight is 215 g/mol. The van der Waals surface area contributed by atoms with Gasteiger partial charge in [-0.25, -0.2) is 0 Å². The Labute approximate surface area is 95.8 Å². The molecule has 0 aromatic heterocycles. The molecule has 0 saturated carbocycles. The fourth-order valence-corrected chi connectivity index (χ4v) is 1.72. The molecule has 1 unspecified atom stereocenters. The highest BCUT2D eigenvalue weighted by Crippen LogP contribution is 2.16. The molecule has 0 amide bonds. The van der Waals surface area contributed by atoms with E-state index in [9.17, 15) is 0 Å². The highest BCUT2D eigenvalue weighted by atomic mass is 16.5. The van der Waals surface area contributed by atoms with Gasteiger partial charge in [0.15, 0.2) is 0 Å². The first-order valence-corrected chi connectivity index (χ1v) is 6.34. The standard InChI is InChI=1S/C13H29NO/c1-6-8-9-12(7-2)10-15-13(3,4)11-14-5/h12,14H,6-11H2,1-5H3. The van der Waals surface area contributed by atoms with Gasteiger partial charge in [0.2, 0.25) is 0 Å². The van der Waals surface area contributed by atoms with Crippen LogP contribution in [-0.2, 0) is 4.74 Å². The molecule has 2 heteroatoms. The molecule has 0 heterocycles. The summed E-state index contributed by atoms with van der Waals surface area (Å²) in [7, 11) is 1.97. The monoisotopic (exact) mass is 215 g/mol. The Morgan fingerprint density at radius 3 is 2.40 bits per heavy atom. The molecule has 0 rings (SSSR count). The highest BCUT2D eigenvalue weighted by molar-refractivity contribution is 4.71. The predicted molar refractivity (Wildman–Crippen MR) is 67.3 cm³/mol. The third kappa shape index (κ3) is 7.80. The maximum absolute atomic E-state index is 5.96. The minimum Gasteiger partial charge on any atom is -0.374 e. The number of nitrogens with one attached hydrogen (secondary N) is 1. The number of ether oxygens (including phenoxy) is 1. The lowest BCUT2D eigenvalue weighted by Gasteiger charge is -2.27. The van der Waals surface area contributed by atoms with Crippen LogP contribution in [0.3, 0.4) is 0 Å². The molecule has 0 aliphatic carbocycles. The summed E-state index contributed by atoms with van der Waals surface area (Å²) in [5.41, 5.74) is -0.0333. The highest BCUT2D eigenvalue weighted by Gasteiger charge is 2.18. The smallest absolute Gasteiger partial charge is 0.0750 e. The lowest BCUT2D eigenvalue weighted by Crippen LogP contribution is -2.37. The molecule has 0 aliphatic heterocycles. The normalized spacial score (nSPS) is 14.2. The molecule has 1 atom stereocenters. The third-order valence-electron chi connectivity index (χ3n) is 2.86. The van der Waals surface area contributed by atoms with Gasteiger partial charge in [0, 0.05) is 6.54 Å². The van der Waals surface area contributed by atoms with E-state index in [1.165, 1.54) is 25.7 Å². The summed E-state index contributed by atoms with van der Waals surface area (Å²) in [5, 5.41) is 3.17. The van der Waals surface area contributed by atoms with Crippen molar-refractivity contribution in [2.75, 3.05) is 20.2 Å². The van der Waals surface area contributed by atoms with Gasteiger partial charge in [-0.3, -0.25) is 0 Å².